The molecule has 1 fully saturated rings. The Labute approximate surface area is 104 Å². The fourth-order valence-corrected chi connectivity index (χ4v) is 2.63. The fourth-order valence-electron chi connectivity index (χ4n) is 2.63. The van der Waals surface area contributed by atoms with Gasteiger partial charge < -0.3 is 10.6 Å². The molecule has 0 radical (unpaired) electrons. The van der Waals surface area contributed by atoms with E-state index in [1.807, 2.05) is 0 Å². The number of fused-ring (bicyclic) bond motifs is 1. The van der Waals surface area contributed by atoms with Crippen molar-refractivity contribution in [3.63, 3.8) is 0 Å². The van der Waals surface area contributed by atoms with Crippen molar-refractivity contribution in [3.05, 3.63) is 35.4 Å². The highest BCUT2D eigenvalue weighted by Crippen LogP contribution is 2.33. The third kappa shape index (κ3) is 2.88. The molecule has 0 saturated heterocycles. The van der Waals surface area contributed by atoms with Gasteiger partial charge in [-0.15, -0.1) is 0 Å². The zero-order valence-electron chi connectivity index (χ0n) is 10.4. The van der Waals surface area contributed by atoms with Crippen LogP contribution in [0, 0.1) is 0 Å². The lowest BCUT2D eigenvalue weighted by Crippen LogP contribution is -2.31. The van der Waals surface area contributed by atoms with Crippen molar-refractivity contribution in [2.24, 2.45) is 0 Å². The van der Waals surface area contributed by atoms with Crippen LogP contribution >= 0.6 is 0 Å². The molecule has 0 bridgehead atoms. The highest BCUT2D eigenvalue weighted by Gasteiger charge is 2.24. The first-order valence-electron chi connectivity index (χ1n) is 6.95. The fraction of sp³-hybridized carbons (Fsp3) is 0.600. The Kier molecular flexibility index (Phi) is 3.44. The highest BCUT2D eigenvalue weighted by atomic mass is 14.9. The predicted octanol–water partition coefficient (Wildman–Crippen LogP) is 2.06. The molecular formula is C15H22N2. The maximum atomic E-state index is 3.58. The first-order valence-corrected chi connectivity index (χ1v) is 6.95. The van der Waals surface area contributed by atoms with E-state index in [0.717, 1.165) is 25.0 Å². The zero-order valence-corrected chi connectivity index (χ0v) is 10.4. The van der Waals surface area contributed by atoms with Gasteiger partial charge in [0.25, 0.3) is 0 Å². The predicted molar refractivity (Wildman–Crippen MR) is 71.4 cm³/mol. The Morgan fingerprint density at radius 3 is 2.82 bits per heavy atom. The van der Waals surface area contributed by atoms with E-state index >= 15 is 0 Å². The molecule has 3 rings (SSSR count). The van der Waals surface area contributed by atoms with Crippen molar-refractivity contribution in [1.82, 2.24) is 10.6 Å². The van der Waals surface area contributed by atoms with Crippen molar-refractivity contribution >= 4 is 0 Å². The van der Waals surface area contributed by atoms with Gasteiger partial charge in [0, 0.05) is 18.5 Å². The SMILES string of the molecule is c1ccc2c(c1)CC2CNCCCNC1CC1. The Morgan fingerprint density at radius 2 is 2.00 bits per heavy atom. The van der Waals surface area contributed by atoms with Crippen LogP contribution in [0.2, 0.25) is 0 Å². The minimum Gasteiger partial charge on any atom is -0.316 e. The van der Waals surface area contributed by atoms with Gasteiger partial charge in [0.1, 0.15) is 0 Å². The molecule has 17 heavy (non-hydrogen) atoms. The van der Waals surface area contributed by atoms with Gasteiger partial charge in [0.05, 0.1) is 0 Å². The summed E-state index contributed by atoms with van der Waals surface area (Å²) < 4.78 is 0. The monoisotopic (exact) mass is 230 g/mol. The van der Waals surface area contributed by atoms with E-state index in [9.17, 15) is 0 Å². The van der Waals surface area contributed by atoms with Crippen LogP contribution in [0.1, 0.15) is 36.3 Å². The first kappa shape index (κ1) is 11.2. The van der Waals surface area contributed by atoms with Crippen molar-refractivity contribution in [3.8, 4) is 0 Å². The molecule has 1 unspecified atom stereocenters. The van der Waals surface area contributed by atoms with Crippen molar-refractivity contribution in [1.29, 1.82) is 0 Å². The van der Waals surface area contributed by atoms with Crippen molar-refractivity contribution in [2.45, 2.75) is 37.6 Å². The normalized spacial score (nSPS) is 22.0. The summed E-state index contributed by atoms with van der Waals surface area (Å²) in [6.07, 6.45) is 5.31. The smallest absolute Gasteiger partial charge is 0.00682 e. The maximum Gasteiger partial charge on any atom is 0.00682 e. The molecule has 0 spiro atoms. The molecule has 0 heterocycles. The van der Waals surface area contributed by atoms with Crippen LogP contribution in [0.4, 0.5) is 0 Å². The minimum absolute atomic E-state index is 0.766. The number of hydrogen-bond donors (Lipinski definition) is 2. The maximum absolute atomic E-state index is 3.58. The molecule has 1 aromatic rings. The quantitative estimate of drug-likeness (QED) is 0.701. The Hall–Kier alpha value is -0.860. The second kappa shape index (κ2) is 5.19. The van der Waals surface area contributed by atoms with Gasteiger partial charge in [-0.05, 0) is 49.9 Å². The average molecular weight is 230 g/mol. The van der Waals surface area contributed by atoms with Crippen LogP contribution in [0.25, 0.3) is 0 Å². The summed E-state index contributed by atoms with van der Waals surface area (Å²) in [5.41, 5.74) is 3.12. The summed E-state index contributed by atoms with van der Waals surface area (Å²) in [6, 6.07) is 9.69. The molecule has 1 saturated carbocycles. The van der Waals surface area contributed by atoms with Gasteiger partial charge in [0.2, 0.25) is 0 Å². The molecule has 0 aliphatic heterocycles. The molecule has 2 heteroatoms. The minimum atomic E-state index is 0.766. The van der Waals surface area contributed by atoms with Gasteiger partial charge in [-0.3, -0.25) is 0 Å². The van der Waals surface area contributed by atoms with Crippen LogP contribution in [-0.4, -0.2) is 25.7 Å². The summed E-state index contributed by atoms with van der Waals surface area (Å²) in [7, 11) is 0. The number of hydrogen-bond acceptors (Lipinski definition) is 2. The lowest BCUT2D eigenvalue weighted by atomic mass is 9.77. The highest BCUT2D eigenvalue weighted by molar-refractivity contribution is 5.40. The van der Waals surface area contributed by atoms with Crippen LogP contribution < -0.4 is 10.6 Å². The molecule has 1 aromatic carbocycles. The summed E-state index contributed by atoms with van der Waals surface area (Å²) >= 11 is 0. The molecule has 92 valence electrons. The van der Waals surface area contributed by atoms with Crippen LogP contribution in [-0.2, 0) is 6.42 Å². The molecule has 2 aliphatic carbocycles. The Morgan fingerprint density at radius 1 is 1.12 bits per heavy atom. The van der Waals surface area contributed by atoms with Gasteiger partial charge in [-0.25, -0.2) is 0 Å². The second-order valence-electron chi connectivity index (χ2n) is 5.39. The summed E-state index contributed by atoms with van der Waals surface area (Å²) in [5, 5.41) is 7.13. The van der Waals surface area contributed by atoms with Crippen LogP contribution in [0.3, 0.4) is 0 Å². The molecule has 0 aromatic heterocycles. The first-order chi connectivity index (χ1) is 8.43. The van der Waals surface area contributed by atoms with E-state index in [-0.39, 0.29) is 0 Å². The van der Waals surface area contributed by atoms with E-state index in [0.29, 0.717) is 0 Å². The van der Waals surface area contributed by atoms with E-state index < -0.39 is 0 Å². The van der Waals surface area contributed by atoms with Gasteiger partial charge in [-0.2, -0.15) is 0 Å². The number of rotatable bonds is 7. The summed E-state index contributed by atoms with van der Waals surface area (Å²) in [4.78, 5) is 0. The van der Waals surface area contributed by atoms with Crippen molar-refractivity contribution < 1.29 is 0 Å². The topological polar surface area (TPSA) is 24.1 Å². The molecule has 2 nitrogen and oxygen atoms in total. The van der Waals surface area contributed by atoms with Gasteiger partial charge in [0.15, 0.2) is 0 Å². The van der Waals surface area contributed by atoms with Crippen molar-refractivity contribution in [2.75, 3.05) is 19.6 Å². The molecule has 0 amide bonds. The Balaban J connectivity index is 1.28. The number of nitrogens with one attached hydrogen (secondary N) is 2. The number of benzene rings is 1. The summed E-state index contributed by atoms with van der Waals surface area (Å²) in [6.45, 7) is 3.48. The van der Waals surface area contributed by atoms with Gasteiger partial charge in [-0.1, -0.05) is 24.3 Å². The third-order valence-electron chi connectivity index (χ3n) is 3.89. The van der Waals surface area contributed by atoms with E-state index in [2.05, 4.69) is 34.9 Å². The molecule has 1 atom stereocenters. The standard InChI is InChI=1S/C15H22N2/c1-2-5-15-12(4-1)10-13(15)11-16-8-3-9-17-14-6-7-14/h1-2,4-5,13-14,16-17H,3,6-11H2. The molecular weight excluding hydrogens is 208 g/mol. The third-order valence-corrected chi connectivity index (χ3v) is 3.89. The lowest BCUT2D eigenvalue weighted by Gasteiger charge is -2.30. The van der Waals surface area contributed by atoms with E-state index in [1.165, 1.54) is 32.2 Å². The molecule has 2 aliphatic rings. The zero-order chi connectivity index (χ0) is 11.5. The van der Waals surface area contributed by atoms with E-state index in [4.69, 9.17) is 0 Å². The van der Waals surface area contributed by atoms with Crippen LogP contribution in [0.5, 0.6) is 0 Å². The second-order valence-corrected chi connectivity index (χ2v) is 5.39. The van der Waals surface area contributed by atoms with Gasteiger partial charge >= 0.3 is 0 Å². The Bertz CT molecular complexity index is 371. The van der Waals surface area contributed by atoms with E-state index in [1.54, 1.807) is 11.1 Å². The largest absolute Gasteiger partial charge is 0.316 e. The summed E-state index contributed by atoms with van der Waals surface area (Å²) in [5.74, 6) is 0.766. The molecule has 2 N–H and O–H groups in total. The van der Waals surface area contributed by atoms with Crippen LogP contribution in [0.15, 0.2) is 24.3 Å². The average Bonchev–Trinajstić information content (AvgIpc) is 3.12. The lowest BCUT2D eigenvalue weighted by molar-refractivity contribution is 0.519.